The van der Waals surface area contributed by atoms with Gasteiger partial charge in [-0.1, -0.05) is 11.2 Å². The number of aromatic nitrogens is 3. The third-order valence-corrected chi connectivity index (χ3v) is 4.46. The van der Waals surface area contributed by atoms with Crippen molar-refractivity contribution in [1.82, 2.24) is 15.1 Å². The van der Waals surface area contributed by atoms with Gasteiger partial charge in [-0.15, -0.1) is 0 Å². The molecule has 0 radical (unpaired) electrons. The SMILES string of the molecule is Cc1oncc1C(=O)Cc1ccc2nc(-c3cc(F)cc(C(F)(F)F)c3)[nH]c2c1. The minimum absolute atomic E-state index is 0.0220. The number of fused-ring (bicyclic) bond motifs is 1. The fourth-order valence-corrected chi connectivity index (χ4v) is 3.04. The first-order valence-corrected chi connectivity index (χ1v) is 8.52. The third-order valence-electron chi connectivity index (χ3n) is 4.46. The summed E-state index contributed by atoms with van der Waals surface area (Å²) in [5.74, 6) is -0.664. The Labute approximate surface area is 161 Å². The summed E-state index contributed by atoms with van der Waals surface area (Å²) < 4.78 is 57.4. The van der Waals surface area contributed by atoms with Crippen molar-refractivity contribution in [3.63, 3.8) is 0 Å². The topological polar surface area (TPSA) is 71.8 Å². The number of alkyl halides is 3. The van der Waals surface area contributed by atoms with Gasteiger partial charge in [0.1, 0.15) is 17.4 Å². The Hall–Kier alpha value is -3.49. The Morgan fingerprint density at radius 1 is 1.17 bits per heavy atom. The standard InChI is InChI=1S/C20H13F4N3O2/c1-10-15(9-25-29-10)18(28)5-11-2-3-16-17(4-11)27-19(26-16)12-6-13(20(22,23)24)8-14(21)7-12/h2-4,6-9H,5H2,1H3,(H,26,27). The van der Waals surface area contributed by atoms with Crippen LogP contribution in [-0.4, -0.2) is 20.9 Å². The van der Waals surface area contributed by atoms with Gasteiger partial charge in [-0.3, -0.25) is 4.79 Å². The summed E-state index contributed by atoms with van der Waals surface area (Å²) in [6.45, 7) is 1.64. The van der Waals surface area contributed by atoms with Gasteiger partial charge in [0, 0.05) is 12.0 Å². The summed E-state index contributed by atoms with van der Waals surface area (Å²) in [6, 6.07) is 7.26. The second-order valence-electron chi connectivity index (χ2n) is 6.56. The number of halogens is 4. The van der Waals surface area contributed by atoms with Crippen LogP contribution in [0.1, 0.15) is 27.2 Å². The monoisotopic (exact) mass is 403 g/mol. The average molecular weight is 403 g/mol. The summed E-state index contributed by atoms with van der Waals surface area (Å²) in [5, 5.41) is 3.58. The molecule has 2 aromatic carbocycles. The van der Waals surface area contributed by atoms with Crippen LogP contribution in [0.2, 0.25) is 0 Å². The highest BCUT2D eigenvalue weighted by Crippen LogP contribution is 2.33. The van der Waals surface area contributed by atoms with Crippen LogP contribution in [0, 0.1) is 12.7 Å². The highest BCUT2D eigenvalue weighted by Gasteiger charge is 2.31. The van der Waals surface area contributed by atoms with E-state index in [1.54, 1.807) is 25.1 Å². The molecule has 29 heavy (non-hydrogen) atoms. The number of H-pyrrole nitrogens is 1. The number of hydrogen-bond donors (Lipinski definition) is 1. The zero-order chi connectivity index (χ0) is 20.8. The molecule has 0 aliphatic rings. The van der Waals surface area contributed by atoms with Gasteiger partial charge in [0.05, 0.1) is 28.4 Å². The molecule has 2 heterocycles. The number of aromatic amines is 1. The zero-order valence-corrected chi connectivity index (χ0v) is 15.0. The minimum Gasteiger partial charge on any atom is -0.361 e. The lowest BCUT2D eigenvalue weighted by Gasteiger charge is -2.08. The fourth-order valence-electron chi connectivity index (χ4n) is 3.04. The molecule has 0 bridgehead atoms. The molecular formula is C20H13F4N3O2. The molecule has 0 saturated heterocycles. The molecule has 0 fully saturated rings. The van der Waals surface area contributed by atoms with E-state index >= 15 is 0 Å². The fraction of sp³-hybridized carbons (Fsp3) is 0.150. The molecule has 0 amide bonds. The van der Waals surface area contributed by atoms with E-state index in [0.29, 0.717) is 34.0 Å². The Morgan fingerprint density at radius 2 is 1.97 bits per heavy atom. The van der Waals surface area contributed by atoms with E-state index in [0.717, 1.165) is 12.1 Å². The molecule has 0 aliphatic heterocycles. The summed E-state index contributed by atoms with van der Waals surface area (Å²) in [4.78, 5) is 19.5. The summed E-state index contributed by atoms with van der Waals surface area (Å²) in [5.41, 5.74) is 0.943. The van der Waals surface area contributed by atoms with Gasteiger partial charge < -0.3 is 9.51 Å². The largest absolute Gasteiger partial charge is 0.416 e. The highest BCUT2D eigenvalue weighted by molar-refractivity contribution is 5.98. The van der Waals surface area contributed by atoms with Crippen LogP contribution in [0.15, 0.2) is 47.1 Å². The van der Waals surface area contributed by atoms with Crippen molar-refractivity contribution in [2.45, 2.75) is 19.5 Å². The molecule has 0 atom stereocenters. The number of nitrogens with one attached hydrogen (secondary N) is 1. The van der Waals surface area contributed by atoms with E-state index < -0.39 is 17.6 Å². The van der Waals surface area contributed by atoms with Crippen LogP contribution in [0.4, 0.5) is 17.6 Å². The third kappa shape index (κ3) is 3.75. The lowest BCUT2D eigenvalue weighted by Crippen LogP contribution is -2.05. The number of carbonyl (C=O) groups excluding carboxylic acids is 1. The van der Waals surface area contributed by atoms with Crippen molar-refractivity contribution >= 4 is 16.8 Å². The van der Waals surface area contributed by atoms with Gasteiger partial charge in [0.2, 0.25) is 0 Å². The van der Waals surface area contributed by atoms with Crippen LogP contribution in [-0.2, 0) is 12.6 Å². The van der Waals surface area contributed by atoms with Crippen molar-refractivity contribution in [1.29, 1.82) is 0 Å². The number of rotatable bonds is 4. The number of nitrogens with zero attached hydrogens (tertiary/aromatic N) is 2. The maximum absolute atomic E-state index is 13.7. The smallest absolute Gasteiger partial charge is 0.361 e. The number of imidazole rings is 1. The molecule has 4 aromatic rings. The van der Waals surface area contributed by atoms with E-state index in [2.05, 4.69) is 15.1 Å². The quantitative estimate of drug-likeness (QED) is 0.380. The maximum atomic E-state index is 13.7. The number of Topliss-reactive ketones (excluding diaryl/α,β-unsaturated/α-hetero) is 1. The van der Waals surface area contributed by atoms with Crippen molar-refractivity contribution in [2.24, 2.45) is 0 Å². The zero-order valence-electron chi connectivity index (χ0n) is 15.0. The van der Waals surface area contributed by atoms with E-state index in [4.69, 9.17) is 4.52 Å². The van der Waals surface area contributed by atoms with Gasteiger partial charge in [-0.2, -0.15) is 13.2 Å². The predicted molar refractivity (Wildman–Crippen MR) is 95.8 cm³/mol. The second kappa shape index (κ2) is 6.84. The molecule has 0 spiro atoms. The summed E-state index contributed by atoms with van der Waals surface area (Å²) >= 11 is 0. The molecule has 9 heteroatoms. The van der Waals surface area contributed by atoms with Gasteiger partial charge in [-0.05, 0) is 42.8 Å². The number of benzene rings is 2. The number of aryl methyl sites for hydroxylation is 1. The molecule has 4 rings (SSSR count). The Morgan fingerprint density at radius 3 is 2.66 bits per heavy atom. The van der Waals surface area contributed by atoms with Crippen molar-refractivity contribution in [3.05, 3.63) is 70.9 Å². The van der Waals surface area contributed by atoms with Crippen LogP contribution in [0.5, 0.6) is 0 Å². The first-order valence-electron chi connectivity index (χ1n) is 8.52. The van der Waals surface area contributed by atoms with Crippen LogP contribution >= 0.6 is 0 Å². The Balaban J connectivity index is 1.67. The van der Waals surface area contributed by atoms with E-state index in [9.17, 15) is 22.4 Å². The molecule has 0 saturated carbocycles. The van der Waals surface area contributed by atoms with Gasteiger partial charge in [0.25, 0.3) is 0 Å². The first-order chi connectivity index (χ1) is 13.7. The van der Waals surface area contributed by atoms with Crippen molar-refractivity contribution in [2.75, 3.05) is 0 Å². The molecule has 0 aliphatic carbocycles. The predicted octanol–water partition coefficient (Wildman–Crippen LogP) is 5.11. The second-order valence-corrected chi connectivity index (χ2v) is 6.56. The highest BCUT2D eigenvalue weighted by atomic mass is 19.4. The van der Waals surface area contributed by atoms with Crippen molar-refractivity contribution < 1.29 is 26.9 Å². The van der Waals surface area contributed by atoms with Crippen molar-refractivity contribution in [3.8, 4) is 11.4 Å². The summed E-state index contributed by atoms with van der Waals surface area (Å²) in [7, 11) is 0. The molecule has 148 valence electrons. The number of carbonyl (C=O) groups is 1. The van der Waals surface area contributed by atoms with E-state index in [1.165, 1.54) is 6.20 Å². The number of ketones is 1. The average Bonchev–Trinajstić information content (AvgIpc) is 3.26. The normalized spacial score (nSPS) is 11.9. The molecule has 5 nitrogen and oxygen atoms in total. The Bertz CT molecular complexity index is 1220. The number of hydrogen-bond acceptors (Lipinski definition) is 4. The van der Waals surface area contributed by atoms with Crippen LogP contribution in [0.25, 0.3) is 22.4 Å². The van der Waals surface area contributed by atoms with Crippen LogP contribution in [0.3, 0.4) is 0 Å². The van der Waals surface area contributed by atoms with Gasteiger partial charge in [0.15, 0.2) is 5.78 Å². The van der Waals surface area contributed by atoms with Gasteiger partial charge in [-0.25, -0.2) is 9.37 Å². The van der Waals surface area contributed by atoms with Crippen LogP contribution < -0.4 is 0 Å². The molecule has 1 N–H and O–H groups in total. The molecule has 0 unspecified atom stereocenters. The Kier molecular flexibility index (Phi) is 4.45. The maximum Gasteiger partial charge on any atom is 0.416 e. The lowest BCUT2D eigenvalue weighted by molar-refractivity contribution is -0.137. The first kappa shape index (κ1) is 18.9. The molecule has 2 aromatic heterocycles. The lowest BCUT2D eigenvalue weighted by atomic mass is 10.0. The van der Waals surface area contributed by atoms with Gasteiger partial charge >= 0.3 is 6.18 Å². The van der Waals surface area contributed by atoms with E-state index in [1.807, 2.05) is 0 Å². The molecular weight excluding hydrogens is 390 g/mol. The summed E-state index contributed by atoms with van der Waals surface area (Å²) in [6.07, 6.45) is -3.23. The minimum atomic E-state index is -4.67. The van der Waals surface area contributed by atoms with E-state index in [-0.39, 0.29) is 23.6 Å².